The van der Waals surface area contributed by atoms with E-state index in [1.807, 2.05) is 60.0 Å². The molecule has 1 aliphatic heterocycles. The van der Waals surface area contributed by atoms with Gasteiger partial charge >= 0.3 is 0 Å². The third-order valence-electron chi connectivity index (χ3n) is 6.50. The maximum atomic E-state index is 12.5. The monoisotopic (exact) mass is 509 g/mol. The largest absolute Gasteiger partial charge is 0.368 e. The maximum Gasteiger partial charge on any atom is 0.237 e. The number of nitrogens with two attached hydrogens (primary N) is 1. The van der Waals surface area contributed by atoms with Crippen molar-refractivity contribution in [3.8, 4) is 17.1 Å². The Labute approximate surface area is 212 Å². The van der Waals surface area contributed by atoms with Crippen molar-refractivity contribution in [3.05, 3.63) is 70.6 Å². The number of carbonyl (C=O) groups excluding carboxylic acids is 1. The first-order chi connectivity index (χ1) is 16.9. The van der Waals surface area contributed by atoms with E-state index in [0.29, 0.717) is 58.7 Å². The third kappa shape index (κ3) is 4.38. The molecule has 10 heteroatoms. The summed E-state index contributed by atoms with van der Waals surface area (Å²) in [5, 5.41) is 7.95. The number of carbonyl (C=O) groups is 1. The highest BCUT2D eigenvalue weighted by Gasteiger charge is 2.39. The summed E-state index contributed by atoms with van der Waals surface area (Å²) in [4.78, 5) is 26.6. The number of aromatic nitrogens is 4. The average Bonchev–Trinajstić information content (AvgIpc) is 3.24. The fraction of sp³-hybridized carbons (Fsp3) is 0.280. The van der Waals surface area contributed by atoms with Gasteiger partial charge in [0.1, 0.15) is 23.2 Å². The van der Waals surface area contributed by atoms with E-state index in [9.17, 15) is 4.79 Å². The summed E-state index contributed by atoms with van der Waals surface area (Å²) in [7, 11) is 0. The number of benzene rings is 2. The second-order valence-electron chi connectivity index (χ2n) is 8.72. The van der Waals surface area contributed by atoms with Crippen molar-refractivity contribution in [2.24, 2.45) is 5.73 Å². The van der Waals surface area contributed by atoms with Gasteiger partial charge in [-0.1, -0.05) is 35.3 Å². The standard InChI is InChI=1S/C25H25Cl2N7O/c1-15(33-25(24(28)35)10-12-29-13-11-25)20-21-23(31-14-30-20)34(17-8-6-16(26)7-9-17)22(32-21)18-4-2-3-5-19(18)27/h2-9,14-15,29,33H,10-13H2,1H3,(H2,28,35). The number of hydrogen-bond acceptors (Lipinski definition) is 6. The molecule has 0 saturated carbocycles. The highest BCUT2D eigenvalue weighted by atomic mass is 35.5. The van der Waals surface area contributed by atoms with Crippen LogP contribution in [0.4, 0.5) is 0 Å². The van der Waals surface area contributed by atoms with Crippen LogP contribution in [0, 0.1) is 0 Å². The molecule has 0 spiro atoms. The third-order valence-corrected chi connectivity index (χ3v) is 7.09. The van der Waals surface area contributed by atoms with E-state index in [1.165, 1.54) is 6.33 Å². The zero-order valence-corrected chi connectivity index (χ0v) is 20.6. The predicted octanol–water partition coefficient (Wildman–Crippen LogP) is 4.05. The summed E-state index contributed by atoms with van der Waals surface area (Å²) in [6, 6.07) is 14.7. The number of imidazole rings is 1. The molecule has 35 heavy (non-hydrogen) atoms. The molecule has 4 aromatic rings. The van der Waals surface area contributed by atoms with E-state index in [-0.39, 0.29) is 11.9 Å². The summed E-state index contributed by atoms with van der Waals surface area (Å²) >= 11 is 12.7. The van der Waals surface area contributed by atoms with E-state index >= 15 is 0 Å². The molecule has 2 aromatic heterocycles. The van der Waals surface area contributed by atoms with Gasteiger partial charge in [0.25, 0.3) is 0 Å². The molecule has 2 aromatic carbocycles. The van der Waals surface area contributed by atoms with E-state index in [1.54, 1.807) is 0 Å². The molecular formula is C25H25Cl2N7O. The Bertz CT molecular complexity index is 1380. The Morgan fingerprint density at radius 1 is 1.11 bits per heavy atom. The fourth-order valence-corrected chi connectivity index (χ4v) is 5.03. The Balaban J connectivity index is 1.67. The van der Waals surface area contributed by atoms with Gasteiger partial charge in [0.15, 0.2) is 5.65 Å². The number of piperidine rings is 1. The minimum atomic E-state index is -0.813. The first kappa shape index (κ1) is 23.7. The lowest BCUT2D eigenvalue weighted by Crippen LogP contribution is -2.60. The van der Waals surface area contributed by atoms with E-state index in [0.717, 1.165) is 11.3 Å². The van der Waals surface area contributed by atoms with Crippen molar-refractivity contribution < 1.29 is 4.79 Å². The van der Waals surface area contributed by atoms with Gasteiger partial charge in [-0.05, 0) is 69.3 Å². The fourth-order valence-electron chi connectivity index (χ4n) is 4.68. The topological polar surface area (TPSA) is 111 Å². The highest BCUT2D eigenvalue weighted by molar-refractivity contribution is 6.33. The summed E-state index contributed by atoms with van der Waals surface area (Å²) in [5.74, 6) is 0.271. The van der Waals surface area contributed by atoms with Gasteiger partial charge in [-0.15, -0.1) is 0 Å². The molecule has 1 fully saturated rings. The SMILES string of the molecule is CC(NC1(C(N)=O)CCNCC1)c1ncnc2c1nc(-c1ccccc1Cl)n2-c1ccc(Cl)cc1. The normalized spacial score (nSPS) is 16.3. The van der Waals surface area contributed by atoms with Crippen LogP contribution in [0.15, 0.2) is 54.9 Å². The Kier molecular flexibility index (Phi) is 6.46. The van der Waals surface area contributed by atoms with Crippen LogP contribution in [0.1, 0.15) is 31.5 Å². The molecule has 3 heterocycles. The second kappa shape index (κ2) is 9.54. The molecule has 4 N–H and O–H groups in total. The van der Waals surface area contributed by atoms with Crippen LogP contribution in [0.2, 0.25) is 10.0 Å². The number of fused-ring (bicyclic) bond motifs is 1. The van der Waals surface area contributed by atoms with Crippen molar-refractivity contribution in [3.63, 3.8) is 0 Å². The maximum absolute atomic E-state index is 12.5. The van der Waals surface area contributed by atoms with Crippen molar-refractivity contribution in [1.82, 2.24) is 30.2 Å². The Hall–Kier alpha value is -3.04. The molecule has 0 bridgehead atoms. The average molecular weight is 510 g/mol. The predicted molar refractivity (Wildman–Crippen MR) is 138 cm³/mol. The lowest BCUT2D eigenvalue weighted by Gasteiger charge is -2.37. The van der Waals surface area contributed by atoms with Crippen LogP contribution < -0.4 is 16.4 Å². The Morgan fingerprint density at radius 3 is 2.51 bits per heavy atom. The molecule has 8 nitrogen and oxygen atoms in total. The lowest BCUT2D eigenvalue weighted by atomic mass is 9.86. The number of halogens is 2. The number of primary amides is 1. The first-order valence-corrected chi connectivity index (χ1v) is 12.2. The van der Waals surface area contributed by atoms with Gasteiger partial charge < -0.3 is 11.1 Å². The zero-order valence-electron chi connectivity index (χ0n) is 19.1. The summed E-state index contributed by atoms with van der Waals surface area (Å²) < 4.78 is 1.94. The molecule has 5 rings (SSSR count). The van der Waals surface area contributed by atoms with Crippen molar-refractivity contribution in [2.75, 3.05) is 13.1 Å². The van der Waals surface area contributed by atoms with E-state index in [4.69, 9.17) is 33.9 Å². The molecule has 0 radical (unpaired) electrons. The summed E-state index contributed by atoms with van der Waals surface area (Å²) in [5.41, 5.74) is 8.55. The summed E-state index contributed by atoms with van der Waals surface area (Å²) in [6.07, 6.45) is 2.72. The second-order valence-corrected chi connectivity index (χ2v) is 9.56. The Morgan fingerprint density at radius 2 is 1.83 bits per heavy atom. The van der Waals surface area contributed by atoms with Crippen LogP contribution in [-0.4, -0.2) is 44.1 Å². The van der Waals surface area contributed by atoms with Gasteiger partial charge in [-0.25, -0.2) is 15.0 Å². The molecule has 1 unspecified atom stereocenters. The number of rotatable bonds is 6. The molecule has 1 atom stereocenters. The van der Waals surface area contributed by atoms with Gasteiger partial charge in [0.2, 0.25) is 5.91 Å². The molecule has 0 aliphatic carbocycles. The lowest BCUT2D eigenvalue weighted by molar-refractivity contribution is -0.125. The number of nitrogens with zero attached hydrogens (tertiary/aromatic N) is 4. The number of amides is 1. The van der Waals surface area contributed by atoms with Crippen LogP contribution >= 0.6 is 23.2 Å². The van der Waals surface area contributed by atoms with Crippen LogP contribution in [0.25, 0.3) is 28.2 Å². The van der Waals surface area contributed by atoms with Gasteiger partial charge in [0.05, 0.1) is 10.7 Å². The van der Waals surface area contributed by atoms with Crippen LogP contribution in [0.3, 0.4) is 0 Å². The van der Waals surface area contributed by atoms with Crippen LogP contribution in [0.5, 0.6) is 0 Å². The van der Waals surface area contributed by atoms with Crippen molar-refractivity contribution >= 4 is 40.3 Å². The van der Waals surface area contributed by atoms with E-state index < -0.39 is 5.54 Å². The smallest absolute Gasteiger partial charge is 0.237 e. The number of nitrogens with one attached hydrogen (secondary N) is 2. The van der Waals surface area contributed by atoms with Crippen LogP contribution in [-0.2, 0) is 4.79 Å². The molecule has 1 saturated heterocycles. The zero-order chi connectivity index (χ0) is 24.6. The van der Waals surface area contributed by atoms with Gasteiger partial charge in [-0.2, -0.15) is 0 Å². The summed E-state index contributed by atoms with van der Waals surface area (Å²) in [6.45, 7) is 3.39. The van der Waals surface area contributed by atoms with Crippen molar-refractivity contribution in [1.29, 1.82) is 0 Å². The minimum absolute atomic E-state index is 0.307. The highest BCUT2D eigenvalue weighted by Crippen LogP contribution is 2.34. The first-order valence-electron chi connectivity index (χ1n) is 11.4. The van der Waals surface area contributed by atoms with Crippen molar-refractivity contribution in [2.45, 2.75) is 31.3 Å². The minimum Gasteiger partial charge on any atom is -0.368 e. The number of hydrogen-bond donors (Lipinski definition) is 3. The molecule has 1 aliphatic rings. The van der Waals surface area contributed by atoms with Gasteiger partial charge in [-0.3, -0.25) is 14.7 Å². The quantitative estimate of drug-likeness (QED) is 0.361. The molecule has 180 valence electrons. The van der Waals surface area contributed by atoms with Gasteiger partial charge in [0, 0.05) is 22.3 Å². The van der Waals surface area contributed by atoms with E-state index in [2.05, 4.69) is 20.6 Å². The molecular weight excluding hydrogens is 485 g/mol. The molecule has 1 amide bonds.